The summed E-state index contributed by atoms with van der Waals surface area (Å²) in [5.74, 6) is -1.37. The van der Waals surface area contributed by atoms with Crippen molar-refractivity contribution in [2.75, 3.05) is 6.61 Å². The number of ketones is 1. The van der Waals surface area contributed by atoms with Crippen molar-refractivity contribution in [3.8, 4) is 0 Å². The summed E-state index contributed by atoms with van der Waals surface area (Å²) in [6, 6.07) is 13.1. The monoisotopic (exact) mass is 343 g/mol. The number of carbonyl (C=O) groups excluding carboxylic acids is 3. The van der Waals surface area contributed by atoms with Crippen LogP contribution in [0.1, 0.15) is 22.0 Å². The third-order valence-electron chi connectivity index (χ3n) is 3.25. The number of nitro benzene ring substituents is 1. The highest BCUT2D eigenvalue weighted by Crippen LogP contribution is 2.21. The standard InChI is InChI=1S/C17H13NO7/c19-11-25-16(13-6-8-14(9-7-13)18(22)23)17(21)24-10-15(20)12-4-2-1-3-5-12/h1-9,11,16H,10H2. The molecule has 0 aromatic heterocycles. The van der Waals surface area contributed by atoms with Crippen molar-refractivity contribution >= 4 is 23.9 Å². The van der Waals surface area contributed by atoms with Gasteiger partial charge in [0.25, 0.3) is 12.2 Å². The summed E-state index contributed by atoms with van der Waals surface area (Å²) in [5, 5.41) is 10.6. The minimum Gasteiger partial charge on any atom is -0.454 e. The number of hydrogen-bond donors (Lipinski definition) is 0. The van der Waals surface area contributed by atoms with Gasteiger partial charge in [-0.15, -0.1) is 0 Å². The van der Waals surface area contributed by atoms with E-state index in [0.29, 0.717) is 5.56 Å². The van der Waals surface area contributed by atoms with Crippen LogP contribution in [0, 0.1) is 10.1 Å². The van der Waals surface area contributed by atoms with E-state index >= 15 is 0 Å². The molecule has 0 aliphatic carbocycles. The highest BCUT2D eigenvalue weighted by Gasteiger charge is 2.25. The van der Waals surface area contributed by atoms with Crippen LogP contribution in [0.4, 0.5) is 5.69 Å². The quantitative estimate of drug-likeness (QED) is 0.237. The number of hydrogen-bond acceptors (Lipinski definition) is 7. The minimum atomic E-state index is -1.41. The number of benzene rings is 2. The normalized spacial score (nSPS) is 11.2. The average Bonchev–Trinajstić information content (AvgIpc) is 2.64. The first-order valence-corrected chi connectivity index (χ1v) is 7.11. The Labute approximate surface area is 142 Å². The molecule has 0 radical (unpaired) electrons. The number of carbonyl (C=O) groups is 3. The van der Waals surface area contributed by atoms with Crippen LogP contribution >= 0.6 is 0 Å². The molecule has 0 saturated heterocycles. The van der Waals surface area contributed by atoms with Crippen molar-refractivity contribution in [1.82, 2.24) is 0 Å². The smallest absolute Gasteiger partial charge is 0.352 e. The van der Waals surface area contributed by atoms with Crippen molar-refractivity contribution in [3.63, 3.8) is 0 Å². The van der Waals surface area contributed by atoms with Crippen LogP contribution in [-0.4, -0.2) is 29.8 Å². The van der Waals surface area contributed by atoms with E-state index in [1.807, 2.05) is 0 Å². The largest absolute Gasteiger partial charge is 0.454 e. The van der Waals surface area contributed by atoms with Gasteiger partial charge >= 0.3 is 5.97 Å². The third kappa shape index (κ3) is 4.71. The van der Waals surface area contributed by atoms with Gasteiger partial charge in [-0.1, -0.05) is 30.3 Å². The van der Waals surface area contributed by atoms with Gasteiger partial charge in [0, 0.05) is 23.3 Å². The van der Waals surface area contributed by atoms with Crippen molar-refractivity contribution < 1.29 is 28.8 Å². The maximum absolute atomic E-state index is 12.1. The Kier molecular flexibility index (Phi) is 5.94. The Hall–Kier alpha value is -3.55. The van der Waals surface area contributed by atoms with Gasteiger partial charge in [-0.3, -0.25) is 19.7 Å². The van der Waals surface area contributed by atoms with E-state index in [-0.39, 0.29) is 17.7 Å². The molecule has 0 bridgehead atoms. The molecule has 0 N–H and O–H groups in total. The molecule has 0 fully saturated rings. The van der Waals surface area contributed by atoms with Gasteiger partial charge in [-0.05, 0) is 12.1 Å². The van der Waals surface area contributed by atoms with Crippen molar-refractivity contribution in [2.45, 2.75) is 6.10 Å². The first kappa shape index (κ1) is 17.8. The van der Waals surface area contributed by atoms with E-state index < -0.39 is 29.4 Å². The topological polar surface area (TPSA) is 113 Å². The van der Waals surface area contributed by atoms with Gasteiger partial charge in [0.2, 0.25) is 6.10 Å². The van der Waals surface area contributed by atoms with Crippen molar-refractivity contribution in [3.05, 3.63) is 75.8 Å². The summed E-state index contributed by atoms with van der Waals surface area (Å²) >= 11 is 0. The minimum absolute atomic E-state index is 0.0619. The van der Waals surface area contributed by atoms with Crippen LogP contribution in [0.5, 0.6) is 0 Å². The molecular formula is C17H13NO7. The predicted molar refractivity (Wildman–Crippen MR) is 84.7 cm³/mol. The summed E-state index contributed by atoms with van der Waals surface area (Å²) in [7, 11) is 0. The fraction of sp³-hybridized carbons (Fsp3) is 0.118. The van der Waals surface area contributed by atoms with E-state index in [2.05, 4.69) is 0 Å². The molecular weight excluding hydrogens is 330 g/mol. The van der Waals surface area contributed by atoms with Gasteiger partial charge in [0.1, 0.15) is 0 Å². The second-order valence-electron chi connectivity index (χ2n) is 4.86. The number of nitrogens with zero attached hydrogens (tertiary/aromatic N) is 1. The number of non-ortho nitro benzene ring substituents is 1. The number of ether oxygens (including phenoxy) is 2. The first-order chi connectivity index (χ1) is 12.0. The van der Waals surface area contributed by atoms with Gasteiger partial charge in [-0.25, -0.2) is 4.79 Å². The fourth-order valence-electron chi connectivity index (χ4n) is 2.02. The molecule has 2 aromatic rings. The lowest BCUT2D eigenvalue weighted by molar-refractivity contribution is -0.384. The maximum atomic E-state index is 12.1. The lowest BCUT2D eigenvalue weighted by Crippen LogP contribution is -2.22. The molecule has 0 heterocycles. The SMILES string of the molecule is O=COC(C(=O)OCC(=O)c1ccccc1)c1ccc([N+](=O)[O-])cc1. The molecule has 2 aromatic carbocycles. The summed E-state index contributed by atoms with van der Waals surface area (Å²) in [4.78, 5) is 44.7. The summed E-state index contributed by atoms with van der Waals surface area (Å²) in [6.07, 6.45) is -1.41. The lowest BCUT2D eigenvalue weighted by Gasteiger charge is -2.14. The Morgan fingerprint density at radius 1 is 1.08 bits per heavy atom. The maximum Gasteiger partial charge on any atom is 0.352 e. The molecule has 0 saturated carbocycles. The fourth-order valence-corrected chi connectivity index (χ4v) is 2.02. The van der Waals surface area contributed by atoms with E-state index in [1.54, 1.807) is 30.3 Å². The number of rotatable bonds is 8. The molecule has 0 amide bonds. The van der Waals surface area contributed by atoms with Crippen LogP contribution in [-0.2, 0) is 19.1 Å². The van der Waals surface area contributed by atoms with Crippen LogP contribution in [0.15, 0.2) is 54.6 Å². The zero-order chi connectivity index (χ0) is 18.2. The molecule has 8 heteroatoms. The summed E-state index contributed by atoms with van der Waals surface area (Å²) in [5.41, 5.74) is 0.384. The van der Waals surface area contributed by atoms with E-state index in [1.165, 1.54) is 24.3 Å². The van der Waals surface area contributed by atoms with E-state index in [4.69, 9.17) is 9.47 Å². The molecule has 2 rings (SSSR count). The molecule has 0 aliphatic rings. The lowest BCUT2D eigenvalue weighted by atomic mass is 10.1. The molecule has 0 spiro atoms. The van der Waals surface area contributed by atoms with E-state index in [9.17, 15) is 24.5 Å². The summed E-state index contributed by atoms with van der Waals surface area (Å²) in [6.45, 7) is -0.457. The van der Waals surface area contributed by atoms with Gasteiger partial charge in [-0.2, -0.15) is 0 Å². The second kappa shape index (κ2) is 8.34. The second-order valence-corrected chi connectivity index (χ2v) is 4.86. The Morgan fingerprint density at radius 2 is 1.72 bits per heavy atom. The van der Waals surface area contributed by atoms with Gasteiger partial charge < -0.3 is 9.47 Å². The average molecular weight is 343 g/mol. The van der Waals surface area contributed by atoms with E-state index in [0.717, 1.165) is 0 Å². The molecule has 128 valence electrons. The van der Waals surface area contributed by atoms with Crippen molar-refractivity contribution in [1.29, 1.82) is 0 Å². The molecule has 1 unspecified atom stereocenters. The van der Waals surface area contributed by atoms with Crippen LogP contribution in [0.2, 0.25) is 0 Å². The Bertz CT molecular complexity index is 771. The molecule has 8 nitrogen and oxygen atoms in total. The summed E-state index contributed by atoms with van der Waals surface area (Å²) < 4.78 is 9.59. The predicted octanol–water partition coefficient (Wildman–Crippen LogP) is 2.24. The Morgan fingerprint density at radius 3 is 2.28 bits per heavy atom. The highest BCUT2D eigenvalue weighted by atomic mass is 16.6. The first-order valence-electron chi connectivity index (χ1n) is 7.11. The molecule has 25 heavy (non-hydrogen) atoms. The molecule has 0 aliphatic heterocycles. The zero-order valence-electron chi connectivity index (χ0n) is 12.9. The zero-order valence-corrected chi connectivity index (χ0v) is 12.9. The highest BCUT2D eigenvalue weighted by molar-refractivity contribution is 5.98. The van der Waals surface area contributed by atoms with Crippen molar-refractivity contribution in [2.24, 2.45) is 0 Å². The van der Waals surface area contributed by atoms with Crippen LogP contribution in [0.3, 0.4) is 0 Å². The van der Waals surface area contributed by atoms with Crippen LogP contribution in [0.25, 0.3) is 0 Å². The molecule has 1 atom stereocenters. The number of nitro groups is 1. The van der Waals surface area contributed by atoms with Gasteiger partial charge in [0.05, 0.1) is 4.92 Å². The van der Waals surface area contributed by atoms with Crippen LogP contribution < -0.4 is 0 Å². The third-order valence-corrected chi connectivity index (χ3v) is 3.25. The number of Topliss-reactive ketones (excluding diaryl/α,β-unsaturated/α-hetero) is 1. The number of esters is 1. The van der Waals surface area contributed by atoms with Gasteiger partial charge in [0.15, 0.2) is 12.4 Å². The Balaban J connectivity index is 2.06.